The van der Waals surface area contributed by atoms with Crippen molar-refractivity contribution in [3.05, 3.63) is 35.9 Å². The maximum absolute atomic E-state index is 5.37. The van der Waals surface area contributed by atoms with E-state index in [1.165, 1.54) is 10.5 Å². The Kier molecular flexibility index (Phi) is 3.91. The topological polar surface area (TPSA) is 26.0 Å². The predicted octanol–water partition coefficient (Wildman–Crippen LogP) is 2.38. The van der Waals surface area contributed by atoms with Gasteiger partial charge in [0.25, 0.3) is 0 Å². The van der Waals surface area contributed by atoms with Crippen LogP contribution < -0.4 is 5.73 Å². The van der Waals surface area contributed by atoms with Crippen LogP contribution in [0.4, 0.5) is 0 Å². The molecule has 0 aromatic heterocycles. The number of rotatable bonds is 3. The third kappa shape index (κ3) is 2.40. The summed E-state index contributed by atoms with van der Waals surface area (Å²) in [6.45, 7) is 0.600. The molecule has 0 spiro atoms. The predicted molar refractivity (Wildman–Crippen MR) is 56.3 cm³/mol. The smallest absolute Gasteiger partial charge is 0.0141 e. The molecule has 2 heteroatoms. The zero-order chi connectivity index (χ0) is 8.81. The van der Waals surface area contributed by atoms with Crippen molar-refractivity contribution in [2.75, 3.05) is 12.8 Å². The molecule has 0 fully saturated rings. The van der Waals surface area contributed by atoms with E-state index >= 15 is 0 Å². The van der Waals surface area contributed by atoms with Gasteiger partial charge in [0.1, 0.15) is 0 Å². The summed E-state index contributed by atoms with van der Waals surface area (Å²) in [6.07, 6.45) is 6.11. The zero-order valence-corrected chi connectivity index (χ0v) is 7.97. The lowest BCUT2D eigenvalue weighted by Gasteiger charge is -2.00. The van der Waals surface area contributed by atoms with Gasteiger partial charge >= 0.3 is 0 Å². The van der Waals surface area contributed by atoms with Crippen molar-refractivity contribution in [2.45, 2.75) is 4.90 Å². The van der Waals surface area contributed by atoms with Crippen molar-refractivity contribution in [2.24, 2.45) is 5.73 Å². The monoisotopic (exact) mass is 179 g/mol. The minimum absolute atomic E-state index is 0.600. The zero-order valence-electron chi connectivity index (χ0n) is 7.16. The summed E-state index contributed by atoms with van der Waals surface area (Å²) in [5.74, 6) is 0. The average Bonchev–Trinajstić information content (AvgIpc) is 2.15. The first-order chi connectivity index (χ1) is 5.88. The van der Waals surface area contributed by atoms with E-state index in [0.29, 0.717) is 6.54 Å². The second-order valence-corrected chi connectivity index (χ2v) is 3.23. The molecule has 0 saturated heterocycles. The Morgan fingerprint density at radius 2 is 2.17 bits per heavy atom. The fourth-order valence-corrected chi connectivity index (χ4v) is 1.59. The molecule has 64 valence electrons. The minimum Gasteiger partial charge on any atom is -0.327 e. The molecule has 0 bridgehead atoms. The van der Waals surface area contributed by atoms with Crippen LogP contribution in [0.1, 0.15) is 5.56 Å². The van der Waals surface area contributed by atoms with Crippen molar-refractivity contribution in [1.29, 1.82) is 0 Å². The molecule has 0 aliphatic heterocycles. The SMILES string of the molecule is CSc1ccccc1/C=C/CN. The van der Waals surface area contributed by atoms with E-state index in [4.69, 9.17) is 5.73 Å². The van der Waals surface area contributed by atoms with Crippen LogP contribution in [0.3, 0.4) is 0 Å². The standard InChI is InChI=1S/C10H13NS/c1-12-10-7-3-2-5-9(10)6-4-8-11/h2-7H,8,11H2,1H3/b6-4+. The van der Waals surface area contributed by atoms with Crippen LogP contribution in [-0.2, 0) is 0 Å². The van der Waals surface area contributed by atoms with Gasteiger partial charge < -0.3 is 5.73 Å². The lowest BCUT2D eigenvalue weighted by molar-refractivity contribution is 1.26. The number of hydrogen-bond donors (Lipinski definition) is 1. The highest BCUT2D eigenvalue weighted by molar-refractivity contribution is 7.98. The summed E-state index contributed by atoms with van der Waals surface area (Å²) in [6, 6.07) is 8.29. The van der Waals surface area contributed by atoms with Crippen molar-refractivity contribution in [3.8, 4) is 0 Å². The van der Waals surface area contributed by atoms with Gasteiger partial charge in [0, 0.05) is 11.4 Å². The number of benzene rings is 1. The van der Waals surface area contributed by atoms with Gasteiger partial charge in [0.05, 0.1) is 0 Å². The van der Waals surface area contributed by atoms with E-state index in [2.05, 4.69) is 24.5 Å². The van der Waals surface area contributed by atoms with Crippen molar-refractivity contribution < 1.29 is 0 Å². The molecule has 1 aromatic rings. The summed E-state index contributed by atoms with van der Waals surface area (Å²) < 4.78 is 0. The molecule has 2 N–H and O–H groups in total. The third-order valence-corrected chi connectivity index (χ3v) is 2.38. The highest BCUT2D eigenvalue weighted by Crippen LogP contribution is 2.20. The van der Waals surface area contributed by atoms with Crippen LogP contribution in [0.5, 0.6) is 0 Å². The van der Waals surface area contributed by atoms with E-state index < -0.39 is 0 Å². The summed E-state index contributed by atoms with van der Waals surface area (Å²) in [5.41, 5.74) is 6.62. The fraction of sp³-hybridized carbons (Fsp3) is 0.200. The lowest BCUT2D eigenvalue weighted by atomic mass is 10.2. The molecule has 0 heterocycles. The van der Waals surface area contributed by atoms with E-state index in [9.17, 15) is 0 Å². The van der Waals surface area contributed by atoms with Crippen molar-refractivity contribution >= 4 is 17.8 Å². The van der Waals surface area contributed by atoms with Crippen LogP contribution in [0.15, 0.2) is 35.2 Å². The van der Waals surface area contributed by atoms with Gasteiger partial charge in [-0.15, -0.1) is 11.8 Å². The van der Waals surface area contributed by atoms with Gasteiger partial charge in [0.2, 0.25) is 0 Å². The molecule has 0 unspecified atom stereocenters. The Morgan fingerprint density at radius 3 is 2.83 bits per heavy atom. The Labute approximate surface area is 77.7 Å². The molecule has 0 saturated carbocycles. The number of thioether (sulfide) groups is 1. The molecule has 0 radical (unpaired) electrons. The van der Waals surface area contributed by atoms with Gasteiger partial charge in [-0.3, -0.25) is 0 Å². The highest BCUT2D eigenvalue weighted by Gasteiger charge is 1.93. The summed E-state index contributed by atoms with van der Waals surface area (Å²) in [7, 11) is 0. The van der Waals surface area contributed by atoms with Gasteiger partial charge in [-0.05, 0) is 17.9 Å². The van der Waals surface area contributed by atoms with Crippen LogP contribution in [0.25, 0.3) is 6.08 Å². The molecule has 0 aliphatic rings. The number of nitrogens with two attached hydrogens (primary N) is 1. The molecule has 0 atom stereocenters. The first-order valence-electron chi connectivity index (χ1n) is 3.88. The molecule has 0 amide bonds. The quantitative estimate of drug-likeness (QED) is 0.721. The summed E-state index contributed by atoms with van der Waals surface area (Å²) in [4.78, 5) is 1.29. The molecule has 0 aliphatic carbocycles. The molecule has 1 aromatic carbocycles. The van der Waals surface area contributed by atoms with Gasteiger partial charge in [-0.25, -0.2) is 0 Å². The maximum atomic E-state index is 5.37. The molecule has 1 rings (SSSR count). The molecule has 12 heavy (non-hydrogen) atoms. The first kappa shape index (κ1) is 9.36. The summed E-state index contributed by atoms with van der Waals surface area (Å²) >= 11 is 1.75. The Balaban J connectivity index is 2.89. The van der Waals surface area contributed by atoms with E-state index in [0.717, 1.165) is 0 Å². The Morgan fingerprint density at radius 1 is 1.42 bits per heavy atom. The van der Waals surface area contributed by atoms with Crippen molar-refractivity contribution in [3.63, 3.8) is 0 Å². The Hall–Kier alpha value is -0.730. The third-order valence-electron chi connectivity index (χ3n) is 1.57. The lowest BCUT2D eigenvalue weighted by Crippen LogP contribution is -1.92. The van der Waals surface area contributed by atoms with E-state index in [1.807, 2.05) is 18.2 Å². The fourth-order valence-electron chi connectivity index (χ4n) is 0.999. The molecule has 1 nitrogen and oxygen atoms in total. The second-order valence-electron chi connectivity index (χ2n) is 2.38. The second kappa shape index (κ2) is 5.01. The van der Waals surface area contributed by atoms with Crippen LogP contribution >= 0.6 is 11.8 Å². The minimum atomic E-state index is 0.600. The van der Waals surface area contributed by atoms with E-state index in [1.54, 1.807) is 11.8 Å². The van der Waals surface area contributed by atoms with Crippen LogP contribution in [0, 0.1) is 0 Å². The van der Waals surface area contributed by atoms with Gasteiger partial charge in [0.15, 0.2) is 0 Å². The van der Waals surface area contributed by atoms with Gasteiger partial charge in [-0.2, -0.15) is 0 Å². The largest absolute Gasteiger partial charge is 0.327 e. The maximum Gasteiger partial charge on any atom is 0.0141 e. The average molecular weight is 179 g/mol. The van der Waals surface area contributed by atoms with Crippen LogP contribution in [0.2, 0.25) is 0 Å². The molecular weight excluding hydrogens is 166 g/mol. The van der Waals surface area contributed by atoms with E-state index in [-0.39, 0.29) is 0 Å². The first-order valence-corrected chi connectivity index (χ1v) is 5.10. The van der Waals surface area contributed by atoms with Crippen LogP contribution in [-0.4, -0.2) is 12.8 Å². The highest BCUT2D eigenvalue weighted by atomic mass is 32.2. The van der Waals surface area contributed by atoms with Gasteiger partial charge in [-0.1, -0.05) is 30.4 Å². The Bertz CT molecular complexity index is 268. The van der Waals surface area contributed by atoms with Crippen molar-refractivity contribution in [1.82, 2.24) is 0 Å². The normalized spacial score (nSPS) is 10.8. The molecular formula is C10H13NS. The summed E-state index contributed by atoms with van der Waals surface area (Å²) in [5, 5.41) is 0. The number of hydrogen-bond acceptors (Lipinski definition) is 2.